The van der Waals surface area contributed by atoms with E-state index in [-0.39, 0.29) is 17.2 Å². The summed E-state index contributed by atoms with van der Waals surface area (Å²) in [6.45, 7) is 0.311. The molecule has 0 fully saturated rings. The summed E-state index contributed by atoms with van der Waals surface area (Å²) < 4.78 is 0. The molecule has 1 amide bonds. The van der Waals surface area contributed by atoms with Crippen LogP contribution in [0.25, 0.3) is 0 Å². The van der Waals surface area contributed by atoms with Crippen molar-refractivity contribution < 1.29 is 9.72 Å². The minimum atomic E-state index is -0.518. The van der Waals surface area contributed by atoms with Gasteiger partial charge in [0.25, 0.3) is 11.6 Å². The molecule has 1 N–H and O–H groups in total. The molecule has 0 aliphatic heterocycles. The van der Waals surface area contributed by atoms with Crippen molar-refractivity contribution in [2.75, 3.05) is 19.0 Å². The SMILES string of the molecule is CN(C)c1ccc([N+](=O)[O-])cc1C(=O)NCc1ccc(Cl)cc1. The van der Waals surface area contributed by atoms with Crippen molar-refractivity contribution in [1.29, 1.82) is 0 Å². The molecule has 0 aromatic heterocycles. The molecular weight excluding hydrogens is 318 g/mol. The van der Waals surface area contributed by atoms with Gasteiger partial charge in [0, 0.05) is 43.5 Å². The highest BCUT2D eigenvalue weighted by molar-refractivity contribution is 6.30. The third kappa shape index (κ3) is 4.20. The van der Waals surface area contributed by atoms with Crippen LogP contribution < -0.4 is 10.2 Å². The van der Waals surface area contributed by atoms with E-state index in [1.165, 1.54) is 12.1 Å². The lowest BCUT2D eigenvalue weighted by Gasteiger charge is -2.17. The van der Waals surface area contributed by atoms with Crippen LogP contribution in [0, 0.1) is 10.1 Å². The summed E-state index contributed by atoms with van der Waals surface area (Å²) in [5.74, 6) is -0.368. The van der Waals surface area contributed by atoms with E-state index in [2.05, 4.69) is 5.32 Å². The Kier molecular flexibility index (Phi) is 5.18. The van der Waals surface area contributed by atoms with E-state index in [1.54, 1.807) is 37.2 Å². The standard InChI is InChI=1S/C16H16ClN3O3/c1-19(2)15-8-7-13(20(22)23)9-14(15)16(21)18-10-11-3-5-12(17)6-4-11/h3-9H,10H2,1-2H3,(H,18,21). The lowest BCUT2D eigenvalue weighted by molar-refractivity contribution is -0.384. The number of halogens is 1. The average Bonchev–Trinajstić information content (AvgIpc) is 2.53. The number of nitrogens with zero attached hydrogens (tertiary/aromatic N) is 2. The molecule has 0 saturated carbocycles. The Morgan fingerprint density at radius 3 is 2.43 bits per heavy atom. The van der Waals surface area contributed by atoms with E-state index in [0.717, 1.165) is 5.56 Å². The number of hydrogen-bond acceptors (Lipinski definition) is 4. The summed E-state index contributed by atoms with van der Waals surface area (Å²) >= 11 is 5.82. The number of carbonyl (C=O) groups is 1. The summed E-state index contributed by atoms with van der Waals surface area (Å²) in [7, 11) is 3.55. The van der Waals surface area contributed by atoms with Gasteiger partial charge in [0.2, 0.25) is 0 Å². The number of carbonyl (C=O) groups excluding carboxylic acids is 1. The van der Waals surface area contributed by atoms with E-state index in [4.69, 9.17) is 11.6 Å². The Labute approximate surface area is 138 Å². The van der Waals surface area contributed by atoms with Gasteiger partial charge in [-0.3, -0.25) is 14.9 Å². The number of nitrogens with one attached hydrogen (secondary N) is 1. The zero-order valence-electron chi connectivity index (χ0n) is 12.7. The van der Waals surface area contributed by atoms with Crippen LogP contribution in [0.3, 0.4) is 0 Å². The highest BCUT2D eigenvalue weighted by atomic mass is 35.5. The predicted octanol–water partition coefficient (Wildman–Crippen LogP) is 3.24. The predicted molar refractivity (Wildman–Crippen MR) is 90.0 cm³/mol. The summed E-state index contributed by atoms with van der Waals surface area (Å²) in [5, 5.41) is 14.3. The number of rotatable bonds is 5. The Morgan fingerprint density at radius 2 is 1.87 bits per heavy atom. The maximum Gasteiger partial charge on any atom is 0.270 e. The van der Waals surface area contributed by atoms with Crippen LogP contribution in [0.15, 0.2) is 42.5 Å². The van der Waals surface area contributed by atoms with Crippen LogP contribution in [-0.2, 0) is 6.54 Å². The molecule has 2 aromatic carbocycles. The molecule has 120 valence electrons. The molecule has 0 heterocycles. The Balaban J connectivity index is 2.21. The van der Waals surface area contributed by atoms with Crippen molar-refractivity contribution in [2.45, 2.75) is 6.54 Å². The van der Waals surface area contributed by atoms with E-state index in [1.807, 2.05) is 12.1 Å². The average molecular weight is 334 g/mol. The maximum atomic E-state index is 12.4. The number of non-ortho nitro benzene ring substituents is 1. The highest BCUT2D eigenvalue weighted by Crippen LogP contribution is 2.24. The molecule has 0 unspecified atom stereocenters. The number of benzene rings is 2. The second-order valence-corrected chi connectivity index (χ2v) is 5.60. The minimum Gasteiger partial charge on any atom is -0.377 e. The van der Waals surface area contributed by atoms with Crippen LogP contribution in [-0.4, -0.2) is 24.9 Å². The molecule has 0 bridgehead atoms. The molecule has 0 radical (unpaired) electrons. The smallest absolute Gasteiger partial charge is 0.270 e. The zero-order valence-corrected chi connectivity index (χ0v) is 13.5. The molecule has 0 saturated heterocycles. The van der Waals surface area contributed by atoms with Crippen LogP contribution in [0.5, 0.6) is 0 Å². The fourth-order valence-corrected chi connectivity index (χ4v) is 2.22. The third-order valence-corrected chi connectivity index (χ3v) is 3.54. The molecule has 0 aliphatic carbocycles. The minimum absolute atomic E-state index is 0.118. The second kappa shape index (κ2) is 7.11. The van der Waals surface area contributed by atoms with Crippen molar-refractivity contribution >= 4 is 28.9 Å². The molecule has 2 rings (SSSR count). The van der Waals surface area contributed by atoms with Gasteiger partial charge in [0.15, 0.2) is 0 Å². The van der Waals surface area contributed by atoms with Gasteiger partial charge in [-0.1, -0.05) is 23.7 Å². The van der Waals surface area contributed by atoms with Crippen molar-refractivity contribution in [3.05, 3.63) is 68.7 Å². The fourth-order valence-electron chi connectivity index (χ4n) is 2.09. The topological polar surface area (TPSA) is 75.5 Å². The van der Waals surface area contributed by atoms with E-state index in [9.17, 15) is 14.9 Å². The first kappa shape index (κ1) is 16.8. The molecule has 2 aromatic rings. The molecule has 0 spiro atoms. The number of nitro groups is 1. The maximum absolute atomic E-state index is 12.4. The molecule has 7 heteroatoms. The quantitative estimate of drug-likeness (QED) is 0.673. The van der Waals surface area contributed by atoms with E-state index in [0.29, 0.717) is 17.3 Å². The van der Waals surface area contributed by atoms with Gasteiger partial charge in [-0.2, -0.15) is 0 Å². The lowest BCUT2D eigenvalue weighted by Crippen LogP contribution is -2.25. The first-order chi connectivity index (χ1) is 10.9. The lowest BCUT2D eigenvalue weighted by atomic mass is 10.1. The Bertz CT molecular complexity index is 730. The monoisotopic (exact) mass is 333 g/mol. The normalized spacial score (nSPS) is 10.2. The summed E-state index contributed by atoms with van der Waals surface area (Å²) in [6.07, 6.45) is 0. The van der Waals surface area contributed by atoms with Gasteiger partial charge in [0.1, 0.15) is 0 Å². The van der Waals surface area contributed by atoms with Crippen LogP contribution in [0.1, 0.15) is 15.9 Å². The fraction of sp³-hybridized carbons (Fsp3) is 0.188. The van der Waals surface area contributed by atoms with Crippen LogP contribution >= 0.6 is 11.6 Å². The summed E-state index contributed by atoms with van der Waals surface area (Å²) in [4.78, 5) is 24.5. The second-order valence-electron chi connectivity index (χ2n) is 5.16. The summed E-state index contributed by atoms with van der Waals surface area (Å²) in [5.41, 5.74) is 1.65. The Morgan fingerprint density at radius 1 is 1.22 bits per heavy atom. The van der Waals surface area contributed by atoms with Crippen LogP contribution in [0.4, 0.5) is 11.4 Å². The third-order valence-electron chi connectivity index (χ3n) is 3.28. The highest BCUT2D eigenvalue weighted by Gasteiger charge is 2.17. The van der Waals surface area contributed by atoms with Crippen molar-refractivity contribution in [3.8, 4) is 0 Å². The molecule has 23 heavy (non-hydrogen) atoms. The molecule has 0 aliphatic rings. The summed E-state index contributed by atoms with van der Waals surface area (Å²) in [6, 6.07) is 11.3. The number of hydrogen-bond donors (Lipinski definition) is 1. The van der Waals surface area contributed by atoms with E-state index >= 15 is 0 Å². The zero-order chi connectivity index (χ0) is 17.0. The van der Waals surface area contributed by atoms with Gasteiger partial charge < -0.3 is 10.2 Å². The van der Waals surface area contributed by atoms with Crippen molar-refractivity contribution in [2.24, 2.45) is 0 Å². The first-order valence-electron chi connectivity index (χ1n) is 6.87. The van der Waals surface area contributed by atoms with Crippen LogP contribution in [0.2, 0.25) is 5.02 Å². The van der Waals surface area contributed by atoms with Crippen molar-refractivity contribution in [1.82, 2.24) is 5.32 Å². The number of nitro benzene ring substituents is 1. The first-order valence-corrected chi connectivity index (χ1v) is 7.24. The number of amides is 1. The number of anilines is 1. The van der Waals surface area contributed by atoms with Gasteiger partial charge in [-0.25, -0.2) is 0 Å². The molecular formula is C16H16ClN3O3. The Hall–Kier alpha value is -2.60. The molecule has 0 atom stereocenters. The van der Waals surface area contributed by atoms with Gasteiger partial charge in [-0.15, -0.1) is 0 Å². The molecule has 6 nitrogen and oxygen atoms in total. The van der Waals surface area contributed by atoms with Gasteiger partial charge >= 0.3 is 0 Å². The van der Waals surface area contributed by atoms with Gasteiger partial charge in [0.05, 0.1) is 10.5 Å². The largest absolute Gasteiger partial charge is 0.377 e. The van der Waals surface area contributed by atoms with E-state index < -0.39 is 4.92 Å². The van der Waals surface area contributed by atoms with Crippen molar-refractivity contribution in [3.63, 3.8) is 0 Å². The van der Waals surface area contributed by atoms with Gasteiger partial charge in [-0.05, 0) is 23.8 Å².